The summed E-state index contributed by atoms with van der Waals surface area (Å²) in [6.45, 7) is 2.92. The Morgan fingerprint density at radius 1 is 1.13 bits per heavy atom. The lowest BCUT2D eigenvalue weighted by Crippen LogP contribution is -2.50. The van der Waals surface area contributed by atoms with Crippen LogP contribution in [0, 0.1) is 0 Å². The quantitative estimate of drug-likeness (QED) is 0.652. The van der Waals surface area contributed by atoms with E-state index in [1.54, 1.807) is 18.2 Å². The highest BCUT2D eigenvalue weighted by atomic mass is 32.2. The molecular weight excluding hydrogens is 424 g/mol. The van der Waals surface area contributed by atoms with Gasteiger partial charge < -0.3 is 14.8 Å². The van der Waals surface area contributed by atoms with Crippen molar-refractivity contribution < 1.29 is 27.5 Å². The fourth-order valence-electron chi connectivity index (χ4n) is 3.51. The number of hydrogen-bond acceptors (Lipinski definition) is 8. The molecule has 0 unspecified atom stereocenters. The van der Waals surface area contributed by atoms with Crippen LogP contribution < -0.4 is 14.8 Å². The number of piperazine rings is 1. The second-order valence-electron chi connectivity index (χ2n) is 7.22. The summed E-state index contributed by atoms with van der Waals surface area (Å²) in [5.74, 6) is 0.427. The zero-order chi connectivity index (χ0) is 22.0. The predicted octanol–water partition coefficient (Wildman–Crippen LogP) is 0.958. The van der Waals surface area contributed by atoms with Gasteiger partial charge in [0.2, 0.25) is 22.7 Å². The lowest BCUT2D eigenvalue weighted by molar-refractivity contribution is -0.117. The molecule has 1 aromatic carbocycles. The van der Waals surface area contributed by atoms with E-state index in [2.05, 4.69) is 10.3 Å². The summed E-state index contributed by atoms with van der Waals surface area (Å²) in [5.41, 5.74) is 0.699. The van der Waals surface area contributed by atoms with Crippen molar-refractivity contribution >= 4 is 27.4 Å². The molecule has 10 nitrogen and oxygen atoms in total. The predicted molar refractivity (Wildman–Crippen MR) is 111 cm³/mol. The molecule has 2 aliphatic heterocycles. The first-order chi connectivity index (χ1) is 14.8. The van der Waals surface area contributed by atoms with Crippen molar-refractivity contribution in [1.29, 1.82) is 0 Å². The van der Waals surface area contributed by atoms with Gasteiger partial charge in [-0.25, -0.2) is 8.42 Å². The molecule has 1 N–H and O–H groups in total. The maximum Gasteiger partial charge on any atom is 0.244 e. The fraction of sp³-hybridized carbons (Fsp3) is 0.350. The summed E-state index contributed by atoms with van der Waals surface area (Å²) in [6.07, 6.45) is 2.85. The van der Waals surface area contributed by atoms with Crippen molar-refractivity contribution in [2.24, 2.45) is 0 Å². The number of amides is 1. The number of carbonyl (C=O) groups excluding carboxylic acids is 2. The maximum absolute atomic E-state index is 12.7. The molecule has 3 heterocycles. The molecule has 164 valence electrons. The molecule has 4 rings (SSSR count). The average Bonchev–Trinajstić information content (AvgIpc) is 3.21. The monoisotopic (exact) mass is 446 g/mol. The number of aromatic nitrogens is 1. The molecule has 1 saturated heterocycles. The molecule has 0 aliphatic carbocycles. The SMILES string of the molecule is CC(=O)c1cc2c(cc1NC(=O)CN1CCN(S(=O)(=O)c3cccnc3)CC1)OCO2. The Labute approximate surface area is 179 Å². The van der Waals surface area contributed by atoms with Gasteiger partial charge in [0.05, 0.1) is 12.2 Å². The van der Waals surface area contributed by atoms with Gasteiger partial charge in [-0.15, -0.1) is 0 Å². The first-order valence-electron chi connectivity index (χ1n) is 9.71. The Bertz CT molecular complexity index is 1100. The summed E-state index contributed by atoms with van der Waals surface area (Å²) >= 11 is 0. The van der Waals surface area contributed by atoms with Crippen LogP contribution in [-0.2, 0) is 14.8 Å². The zero-order valence-corrected chi connectivity index (χ0v) is 17.7. The molecule has 2 aromatic rings. The Morgan fingerprint density at radius 3 is 2.48 bits per heavy atom. The highest BCUT2D eigenvalue weighted by molar-refractivity contribution is 7.89. The highest BCUT2D eigenvalue weighted by Gasteiger charge is 2.29. The van der Waals surface area contributed by atoms with E-state index in [0.29, 0.717) is 35.8 Å². The zero-order valence-electron chi connectivity index (χ0n) is 16.9. The van der Waals surface area contributed by atoms with E-state index in [1.807, 2.05) is 4.90 Å². The molecule has 11 heteroatoms. The summed E-state index contributed by atoms with van der Waals surface area (Å²) < 4.78 is 37.4. The third-order valence-corrected chi connectivity index (χ3v) is 7.02. The molecule has 0 atom stereocenters. The van der Waals surface area contributed by atoms with Gasteiger partial charge in [-0.05, 0) is 25.1 Å². The molecule has 0 spiro atoms. The standard InChI is InChI=1S/C20H22N4O6S/c1-14(25)16-9-18-19(30-13-29-18)10-17(16)22-20(26)12-23-5-7-24(8-6-23)31(27,28)15-3-2-4-21-11-15/h2-4,9-11H,5-8,12-13H2,1H3,(H,22,26). The van der Waals surface area contributed by atoms with Gasteiger partial charge in [0.1, 0.15) is 4.90 Å². The van der Waals surface area contributed by atoms with Gasteiger partial charge in [-0.3, -0.25) is 19.5 Å². The summed E-state index contributed by atoms with van der Waals surface area (Å²) in [5, 5.41) is 2.76. The number of Topliss-reactive ketones (excluding diaryl/α,β-unsaturated/α-hetero) is 1. The number of fused-ring (bicyclic) bond motifs is 1. The number of pyridine rings is 1. The number of rotatable bonds is 6. The van der Waals surface area contributed by atoms with Crippen molar-refractivity contribution in [3.05, 3.63) is 42.2 Å². The van der Waals surface area contributed by atoms with Gasteiger partial charge in [-0.1, -0.05) is 0 Å². The number of nitrogens with one attached hydrogen (secondary N) is 1. The lowest BCUT2D eigenvalue weighted by Gasteiger charge is -2.33. The molecule has 0 saturated carbocycles. The second kappa shape index (κ2) is 8.61. The van der Waals surface area contributed by atoms with Crippen molar-refractivity contribution in [3.8, 4) is 11.5 Å². The largest absolute Gasteiger partial charge is 0.454 e. The lowest BCUT2D eigenvalue weighted by atomic mass is 10.1. The third-order valence-electron chi connectivity index (χ3n) is 5.14. The minimum absolute atomic E-state index is 0.0658. The first-order valence-corrected chi connectivity index (χ1v) is 11.2. The van der Waals surface area contributed by atoms with Crippen molar-refractivity contribution in [1.82, 2.24) is 14.2 Å². The fourth-order valence-corrected chi connectivity index (χ4v) is 4.89. The first kappa shape index (κ1) is 21.2. The van der Waals surface area contributed by atoms with Crippen LogP contribution in [0.15, 0.2) is 41.6 Å². The maximum atomic E-state index is 12.7. The minimum atomic E-state index is -3.60. The van der Waals surface area contributed by atoms with Gasteiger partial charge >= 0.3 is 0 Å². The van der Waals surface area contributed by atoms with Crippen molar-refractivity contribution in [2.45, 2.75) is 11.8 Å². The van der Waals surface area contributed by atoms with Crippen LogP contribution >= 0.6 is 0 Å². The van der Waals surface area contributed by atoms with E-state index >= 15 is 0 Å². The number of sulfonamides is 1. The van der Waals surface area contributed by atoms with Gasteiger partial charge in [0.25, 0.3) is 0 Å². The highest BCUT2D eigenvalue weighted by Crippen LogP contribution is 2.37. The van der Waals surface area contributed by atoms with Crippen LogP contribution in [0.1, 0.15) is 17.3 Å². The van der Waals surface area contributed by atoms with E-state index in [-0.39, 0.29) is 43.0 Å². The normalized spacial score (nSPS) is 16.8. The summed E-state index contributed by atoms with van der Waals surface area (Å²) in [4.78, 5) is 30.4. The van der Waals surface area contributed by atoms with Crippen LogP contribution in [0.3, 0.4) is 0 Å². The number of hydrogen-bond donors (Lipinski definition) is 1. The van der Waals surface area contributed by atoms with Crippen LogP contribution in [-0.4, -0.2) is 73.8 Å². The summed E-state index contributed by atoms with van der Waals surface area (Å²) in [6, 6.07) is 6.23. The minimum Gasteiger partial charge on any atom is -0.454 e. The molecule has 1 fully saturated rings. The molecule has 0 radical (unpaired) electrons. The number of nitrogens with zero attached hydrogens (tertiary/aromatic N) is 3. The van der Waals surface area contributed by atoms with Crippen LogP contribution in [0.4, 0.5) is 5.69 Å². The molecular formula is C20H22N4O6S. The smallest absolute Gasteiger partial charge is 0.244 e. The molecule has 0 bridgehead atoms. The number of benzene rings is 1. The Morgan fingerprint density at radius 2 is 1.84 bits per heavy atom. The molecule has 1 amide bonds. The van der Waals surface area contributed by atoms with Crippen LogP contribution in [0.25, 0.3) is 0 Å². The Hall–Kier alpha value is -3.02. The number of carbonyl (C=O) groups is 2. The van der Waals surface area contributed by atoms with Crippen LogP contribution in [0.2, 0.25) is 0 Å². The topological polar surface area (TPSA) is 118 Å². The Kier molecular flexibility index (Phi) is 5.90. The number of ether oxygens (including phenoxy) is 2. The van der Waals surface area contributed by atoms with Crippen molar-refractivity contribution in [2.75, 3.05) is 44.8 Å². The molecule has 1 aromatic heterocycles. The van der Waals surface area contributed by atoms with Gasteiger partial charge in [-0.2, -0.15) is 4.31 Å². The van der Waals surface area contributed by atoms with E-state index in [0.717, 1.165) is 0 Å². The van der Waals surface area contributed by atoms with Gasteiger partial charge in [0, 0.05) is 50.2 Å². The van der Waals surface area contributed by atoms with E-state index in [9.17, 15) is 18.0 Å². The van der Waals surface area contributed by atoms with E-state index < -0.39 is 10.0 Å². The molecule has 31 heavy (non-hydrogen) atoms. The van der Waals surface area contributed by atoms with Crippen molar-refractivity contribution in [3.63, 3.8) is 0 Å². The van der Waals surface area contributed by atoms with E-state index in [1.165, 1.54) is 29.7 Å². The second-order valence-corrected chi connectivity index (χ2v) is 9.16. The number of ketones is 1. The molecule has 2 aliphatic rings. The third kappa shape index (κ3) is 4.53. The van der Waals surface area contributed by atoms with E-state index in [4.69, 9.17) is 9.47 Å². The number of anilines is 1. The Balaban J connectivity index is 1.37. The summed E-state index contributed by atoms with van der Waals surface area (Å²) in [7, 11) is -3.60. The van der Waals surface area contributed by atoms with Gasteiger partial charge in [0.15, 0.2) is 17.3 Å². The van der Waals surface area contributed by atoms with Crippen LogP contribution in [0.5, 0.6) is 11.5 Å². The average molecular weight is 446 g/mol.